The number of methoxy groups -OCH3 is 1. The van der Waals surface area contributed by atoms with E-state index in [-0.39, 0.29) is 11.3 Å². The summed E-state index contributed by atoms with van der Waals surface area (Å²) in [7, 11) is 1.63. The standard InChI is InChI=1S/C22H28N2O2/c1-22(2,3)17-10-7-9-16(12-17)21(25)24-19-13-15-8-5-6-11-23-18(15)14-20(19)26-4/h7,9-10,12-14,23H,5-6,8,11H2,1-4H3,(H,24,25). The molecule has 1 heterocycles. The van der Waals surface area contributed by atoms with Crippen molar-refractivity contribution < 1.29 is 9.53 Å². The number of carbonyl (C=O) groups is 1. The zero-order chi connectivity index (χ0) is 18.7. The first-order valence-electron chi connectivity index (χ1n) is 9.25. The number of hydrogen-bond donors (Lipinski definition) is 2. The van der Waals surface area contributed by atoms with Crippen LogP contribution in [0.4, 0.5) is 11.4 Å². The zero-order valence-corrected chi connectivity index (χ0v) is 16.1. The van der Waals surface area contributed by atoms with Gasteiger partial charge in [0.15, 0.2) is 0 Å². The Kier molecular flexibility index (Phi) is 5.21. The van der Waals surface area contributed by atoms with Crippen molar-refractivity contribution in [3.8, 4) is 5.75 Å². The van der Waals surface area contributed by atoms with Crippen LogP contribution in [0.15, 0.2) is 36.4 Å². The van der Waals surface area contributed by atoms with Crippen molar-refractivity contribution in [1.29, 1.82) is 0 Å². The van der Waals surface area contributed by atoms with E-state index in [0.29, 0.717) is 11.3 Å². The first kappa shape index (κ1) is 18.3. The smallest absolute Gasteiger partial charge is 0.255 e. The van der Waals surface area contributed by atoms with E-state index in [9.17, 15) is 4.79 Å². The van der Waals surface area contributed by atoms with Gasteiger partial charge in [-0.1, -0.05) is 32.9 Å². The third-order valence-electron chi connectivity index (χ3n) is 4.85. The Morgan fingerprint density at radius 3 is 2.69 bits per heavy atom. The molecular weight excluding hydrogens is 324 g/mol. The van der Waals surface area contributed by atoms with E-state index in [1.807, 2.05) is 30.3 Å². The SMILES string of the molecule is COc1cc2c(cc1NC(=O)c1cccc(C(C)(C)C)c1)CCCCN2. The summed E-state index contributed by atoms with van der Waals surface area (Å²) < 4.78 is 5.51. The fraction of sp³-hybridized carbons (Fsp3) is 0.409. The maximum absolute atomic E-state index is 12.8. The van der Waals surface area contributed by atoms with Gasteiger partial charge in [0, 0.05) is 23.9 Å². The first-order chi connectivity index (χ1) is 12.4. The van der Waals surface area contributed by atoms with Gasteiger partial charge in [-0.2, -0.15) is 0 Å². The molecule has 2 N–H and O–H groups in total. The molecule has 1 aliphatic heterocycles. The summed E-state index contributed by atoms with van der Waals surface area (Å²) in [5.41, 5.74) is 4.86. The summed E-state index contributed by atoms with van der Waals surface area (Å²) >= 11 is 0. The predicted octanol–water partition coefficient (Wildman–Crippen LogP) is 4.99. The third kappa shape index (κ3) is 4.01. The van der Waals surface area contributed by atoms with E-state index in [4.69, 9.17) is 4.74 Å². The lowest BCUT2D eigenvalue weighted by Crippen LogP contribution is -2.16. The van der Waals surface area contributed by atoms with Gasteiger partial charge in [0.1, 0.15) is 5.75 Å². The molecule has 138 valence electrons. The molecule has 4 nitrogen and oxygen atoms in total. The van der Waals surface area contributed by atoms with E-state index in [0.717, 1.165) is 42.7 Å². The lowest BCUT2D eigenvalue weighted by Gasteiger charge is -2.20. The van der Waals surface area contributed by atoms with E-state index in [1.54, 1.807) is 7.11 Å². The van der Waals surface area contributed by atoms with Crippen LogP contribution in [0.2, 0.25) is 0 Å². The van der Waals surface area contributed by atoms with Gasteiger partial charge < -0.3 is 15.4 Å². The number of ether oxygens (including phenoxy) is 1. The highest BCUT2D eigenvalue weighted by Gasteiger charge is 2.18. The Morgan fingerprint density at radius 1 is 1.15 bits per heavy atom. The van der Waals surface area contributed by atoms with Crippen molar-refractivity contribution >= 4 is 17.3 Å². The van der Waals surface area contributed by atoms with Gasteiger partial charge in [0.2, 0.25) is 0 Å². The fourth-order valence-corrected chi connectivity index (χ4v) is 3.25. The van der Waals surface area contributed by atoms with Crippen LogP contribution in [-0.4, -0.2) is 19.6 Å². The molecule has 0 atom stereocenters. The number of benzene rings is 2. The Bertz CT molecular complexity index is 806. The molecule has 2 aromatic rings. The minimum atomic E-state index is -0.115. The number of fused-ring (bicyclic) bond motifs is 1. The van der Waals surface area contributed by atoms with Crippen LogP contribution < -0.4 is 15.4 Å². The summed E-state index contributed by atoms with van der Waals surface area (Å²) in [5, 5.41) is 6.48. The highest BCUT2D eigenvalue weighted by molar-refractivity contribution is 6.05. The Morgan fingerprint density at radius 2 is 1.96 bits per heavy atom. The lowest BCUT2D eigenvalue weighted by molar-refractivity contribution is 0.102. The van der Waals surface area contributed by atoms with E-state index in [1.165, 1.54) is 5.56 Å². The molecule has 26 heavy (non-hydrogen) atoms. The largest absolute Gasteiger partial charge is 0.494 e. The van der Waals surface area contributed by atoms with Crippen LogP contribution in [0.1, 0.15) is 55.1 Å². The van der Waals surface area contributed by atoms with Crippen LogP contribution in [0, 0.1) is 0 Å². The van der Waals surface area contributed by atoms with Crippen molar-refractivity contribution in [1.82, 2.24) is 0 Å². The van der Waals surface area contributed by atoms with Crippen LogP contribution in [0.3, 0.4) is 0 Å². The van der Waals surface area contributed by atoms with Crippen molar-refractivity contribution in [2.24, 2.45) is 0 Å². The minimum absolute atomic E-state index is 0.00369. The van der Waals surface area contributed by atoms with Gasteiger partial charge in [-0.3, -0.25) is 4.79 Å². The van der Waals surface area contributed by atoms with Gasteiger partial charge in [-0.05, 0) is 54.0 Å². The average Bonchev–Trinajstić information content (AvgIpc) is 2.85. The number of rotatable bonds is 3. The Labute approximate surface area is 156 Å². The molecule has 1 aliphatic rings. The fourth-order valence-electron chi connectivity index (χ4n) is 3.25. The zero-order valence-electron chi connectivity index (χ0n) is 16.1. The minimum Gasteiger partial charge on any atom is -0.494 e. The number of carbonyl (C=O) groups excluding carboxylic acids is 1. The molecule has 0 bridgehead atoms. The number of anilines is 2. The molecule has 0 spiro atoms. The van der Waals surface area contributed by atoms with Gasteiger partial charge in [0.25, 0.3) is 5.91 Å². The summed E-state index contributed by atoms with van der Waals surface area (Å²) in [5.74, 6) is 0.564. The average molecular weight is 352 g/mol. The molecule has 0 saturated carbocycles. The van der Waals surface area contributed by atoms with Crippen LogP contribution >= 0.6 is 0 Å². The third-order valence-corrected chi connectivity index (χ3v) is 4.85. The summed E-state index contributed by atoms with van der Waals surface area (Å²) in [4.78, 5) is 12.8. The second kappa shape index (κ2) is 7.40. The maximum atomic E-state index is 12.8. The summed E-state index contributed by atoms with van der Waals surface area (Å²) in [6, 6.07) is 11.8. The van der Waals surface area contributed by atoms with Crippen molar-refractivity contribution in [2.45, 2.75) is 45.4 Å². The molecule has 3 rings (SSSR count). The number of amides is 1. The molecule has 0 unspecified atom stereocenters. The van der Waals surface area contributed by atoms with Crippen molar-refractivity contribution in [2.75, 3.05) is 24.3 Å². The van der Waals surface area contributed by atoms with Gasteiger partial charge in [-0.25, -0.2) is 0 Å². The number of aryl methyl sites for hydroxylation is 1. The quantitative estimate of drug-likeness (QED) is 0.818. The molecule has 1 amide bonds. The summed E-state index contributed by atoms with van der Waals surface area (Å²) in [6.07, 6.45) is 3.31. The van der Waals surface area contributed by atoms with Crippen LogP contribution in [0.5, 0.6) is 5.75 Å². The highest BCUT2D eigenvalue weighted by Crippen LogP contribution is 2.34. The second-order valence-electron chi connectivity index (χ2n) is 7.88. The van der Waals surface area contributed by atoms with E-state index in [2.05, 4.69) is 37.5 Å². The first-order valence-corrected chi connectivity index (χ1v) is 9.25. The predicted molar refractivity (Wildman–Crippen MR) is 108 cm³/mol. The molecule has 0 aliphatic carbocycles. The lowest BCUT2D eigenvalue weighted by atomic mass is 9.86. The molecule has 4 heteroatoms. The molecule has 0 saturated heterocycles. The second-order valence-corrected chi connectivity index (χ2v) is 7.88. The van der Waals surface area contributed by atoms with Crippen LogP contribution in [0.25, 0.3) is 0 Å². The highest BCUT2D eigenvalue weighted by atomic mass is 16.5. The van der Waals surface area contributed by atoms with Gasteiger partial charge in [-0.15, -0.1) is 0 Å². The normalized spacial score (nSPS) is 14.0. The molecule has 0 radical (unpaired) electrons. The summed E-state index contributed by atoms with van der Waals surface area (Å²) in [6.45, 7) is 7.41. The van der Waals surface area contributed by atoms with Gasteiger partial charge >= 0.3 is 0 Å². The van der Waals surface area contributed by atoms with E-state index >= 15 is 0 Å². The van der Waals surface area contributed by atoms with Crippen molar-refractivity contribution in [3.63, 3.8) is 0 Å². The Balaban J connectivity index is 1.88. The van der Waals surface area contributed by atoms with Crippen LogP contribution in [-0.2, 0) is 11.8 Å². The monoisotopic (exact) mass is 352 g/mol. The Hall–Kier alpha value is -2.49. The van der Waals surface area contributed by atoms with Crippen molar-refractivity contribution in [3.05, 3.63) is 53.1 Å². The molecule has 0 fully saturated rings. The number of nitrogens with one attached hydrogen (secondary N) is 2. The molecule has 0 aromatic heterocycles. The topological polar surface area (TPSA) is 50.4 Å². The van der Waals surface area contributed by atoms with Gasteiger partial charge in [0.05, 0.1) is 12.8 Å². The number of hydrogen-bond acceptors (Lipinski definition) is 3. The molecular formula is C22H28N2O2. The molecule has 2 aromatic carbocycles. The van der Waals surface area contributed by atoms with E-state index < -0.39 is 0 Å². The maximum Gasteiger partial charge on any atom is 0.255 e.